The summed E-state index contributed by atoms with van der Waals surface area (Å²) >= 11 is 1.45. The molecule has 4 nitrogen and oxygen atoms in total. The van der Waals surface area contributed by atoms with E-state index in [0.29, 0.717) is 11.4 Å². The molecule has 2 heterocycles. The van der Waals surface area contributed by atoms with Gasteiger partial charge >= 0.3 is 5.97 Å². The van der Waals surface area contributed by atoms with E-state index in [1.165, 1.54) is 11.3 Å². The summed E-state index contributed by atoms with van der Waals surface area (Å²) in [5.74, 6) is -0.903. The molecule has 74 valence electrons. The SMILES string of the molecule is CCCc1nc2sccn2c1C(=O)O. The van der Waals surface area contributed by atoms with Gasteiger partial charge in [-0.1, -0.05) is 13.3 Å². The first-order valence-corrected chi connectivity index (χ1v) is 5.29. The fourth-order valence-corrected chi connectivity index (χ4v) is 2.20. The van der Waals surface area contributed by atoms with Gasteiger partial charge in [0.25, 0.3) is 0 Å². The molecule has 14 heavy (non-hydrogen) atoms. The van der Waals surface area contributed by atoms with E-state index in [4.69, 9.17) is 5.11 Å². The zero-order valence-electron chi connectivity index (χ0n) is 7.73. The van der Waals surface area contributed by atoms with Crippen molar-refractivity contribution < 1.29 is 9.90 Å². The highest BCUT2D eigenvalue weighted by molar-refractivity contribution is 7.15. The highest BCUT2D eigenvalue weighted by Crippen LogP contribution is 2.18. The minimum Gasteiger partial charge on any atom is -0.477 e. The maximum absolute atomic E-state index is 11.0. The maximum atomic E-state index is 11.0. The average Bonchev–Trinajstić information content (AvgIpc) is 2.62. The van der Waals surface area contributed by atoms with Crippen molar-refractivity contribution in [1.82, 2.24) is 9.38 Å². The summed E-state index contributed by atoms with van der Waals surface area (Å²) in [6.07, 6.45) is 3.37. The monoisotopic (exact) mass is 210 g/mol. The van der Waals surface area contributed by atoms with E-state index in [1.54, 1.807) is 10.6 Å². The molecule has 0 aromatic carbocycles. The average molecular weight is 210 g/mol. The first-order valence-electron chi connectivity index (χ1n) is 4.41. The van der Waals surface area contributed by atoms with Crippen LogP contribution in [0, 0.1) is 0 Å². The number of aromatic nitrogens is 2. The second-order valence-electron chi connectivity index (χ2n) is 3.02. The summed E-state index contributed by atoms with van der Waals surface area (Å²) in [7, 11) is 0. The number of hydrogen-bond acceptors (Lipinski definition) is 3. The predicted octanol–water partition coefficient (Wildman–Crippen LogP) is 2.05. The third kappa shape index (κ3) is 1.29. The summed E-state index contributed by atoms with van der Waals surface area (Å²) in [5, 5.41) is 10.9. The standard InChI is InChI=1S/C9H10N2O2S/c1-2-3-6-7(8(12)13)11-4-5-14-9(11)10-6/h4-5H,2-3H2,1H3,(H,12,13). The molecular formula is C9H10N2O2S. The molecule has 2 rings (SSSR count). The van der Waals surface area contributed by atoms with Crippen LogP contribution >= 0.6 is 11.3 Å². The summed E-state index contributed by atoms with van der Waals surface area (Å²) < 4.78 is 1.64. The summed E-state index contributed by atoms with van der Waals surface area (Å²) in [5.41, 5.74) is 0.995. The molecule has 1 N–H and O–H groups in total. The van der Waals surface area contributed by atoms with Gasteiger partial charge in [0.1, 0.15) is 0 Å². The minimum absolute atomic E-state index is 0.308. The molecule has 5 heteroatoms. The Balaban J connectivity index is 2.63. The zero-order chi connectivity index (χ0) is 10.1. The van der Waals surface area contributed by atoms with Gasteiger partial charge in [0.05, 0.1) is 5.69 Å². The van der Waals surface area contributed by atoms with Crippen LogP contribution in [0.25, 0.3) is 4.96 Å². The normalized spacial score (nSPS) is 10.9. The van der Waals surface area contributed by atoms with Crippen LogP contribution in [0.4, 0.5) is 0 Å². The Morgan fingerprint density at radius 2 is 2.50 bits per heavy atom. The van der Waals surface area contributed by atoms with E-state index in [0.717, 1.165) is 17.8 Å². The highest BCUT2D eigenvalue weighted by atomic mass is 32.1. The lowest BCUT2D eigenvalue weighted by Gasteiger charge is -1.95. The van der Waals surface area contributed by atoms with Gasteiger partial charge in [-0.2, -0.15) is 0 Å². The largest absolute Gasteiger partial charge is 0.477 e. The van der Waals surface area contributed by atoms with Crippen LogP contribution in [0.15, 0.2) is 11.6 Å². The van der Waals surface area contributed by atoms with Crippen molar-refractivity contribution >= 4 is 22.3 Å². The number of rotatable bonds is 3. The van der Waals surface area contributed by atoms with Gasteiger partial charge in [-0.05, 0) is 6.42 Å². The third-order valence-corrected chi connectivity index (χ3v) is 2.78. The molecule has 0 aliphatic rings. The van der Waals surface area contributed by atoms with Crippen LogP contribution in [0.5, 0.6) is 0 Å². The molecule has 0 atom stereocenters. The molecule has 0 unspecified atom stereocenters. The number of nitrogens with zero attached hydrogens (tertiary/aromatic N) is 2. The molecule has 0 fully saturated rings. The smallest absolute Gasteiger partial charge is 0.354 e. The van der Waals surface area contributed by atoms with E-state index in [2.05, 4.69) is 4.98 Å². The number of hydrogen-bond donors (Lipinski definition) is 1. The molecule has 0 radical (unpaired) electrons. The van der Waals surface area contributed by atoms with Gasteiger partial charge in [-0.25, -0.2) is 9.78 Å². The van der Waals surface area contributed by atoms with Gasteiger partial charge in [0, 0.05) is 11.6 Å². The number of carboxylic acids is 1. The van der Waals surface area contributed by atoms with Crippen LogP contribution in [-0.2, 0) is 6.42 Å². The predicted molar refractivity (Wildman–Crippen MR) is 54.0 cm³/mol. The van der Waals surface area contributed by atoms with Crippen LogP contribution < -0.4 is 0 Å². The fourth-order valence-electron chi connectivity index (χ4n) is 1.47. The Kier molecular flexibility index (Phi) is 2.25. The van der Waals surface area contributed by atoms with Crippen LogP contribution in [0.1, 0.15) is 29.5 Å². The minimum atomic E-state index is -0.903. The number of carboxylic acid groups (broad SMARTS) is 1. The summed E-state index contributed by atoms with van der Waals surface area (Å²) in [4.78, 5) is 16.1. The van der Waals surface area contributed by atoms with Gasteiger partial charge in [0.15, 0.2) is 10.7 Å². The molecule has 2 aromatic heterocycles. The van der Waals surface area contributed by atoms with Gasteiger partial charge < -0.3 is 5.11 Å². The molecule has 0 aliphatic carbocycles. The van der Waals surface area contributed by atoms with Gasteiger partial charge in [-0.15, -0.1) is 11.3 Å². The number of fused-ring (bicyclic) bond motifs is 1. The summed E-state index contributed by atoms with van der Waals surface area (Å²) in [6, 6.07) is 0. The zero-order valence-corrected chi connectivity index (χ0v) is 8.54. The molecule has 0 aliphatic heterocycles. The van der Waals surface area contributed by atoms with E-state index in [9.17, 15) is 4.79 Å². The Bertz CT molecular complexity index is 472. The quantitative estimate of drug-likeness (QED) is 0.843. The topological polar surface area (TPSA) is 54.6 Å². The highest BCUT2D eigenvalue weighted by Gasteiger charge is 2.17. The molecule has 0 saturated heterocycles. The van der Waals surface area contributed by atoms with Crippen molar-refractivity contribution in [3.05, 3.63) is 23.0 Å². The van der Waals surface area contributed by atoms with Crippen molar-refractivity contribution in [2.45, 2.75) is 19.8 Å². The lowest BCUT2D eigenvalue weighted by atomic mass is 10.2. The molecule has 0 amide bonds. The van der Waals surface area contributed by atoms with Gasteiger partial charge in [0.2, 0.25) is 0 Å². The van der Waals surface area contributed by atoms with Crippen molar-refractivity contribution in [3.8, 4) is 0 Å². The Morgan fingerprint density at radius 3 is 3.14 bits per heavy atom. The molecule has 0 bridgehead atoms. The fraction of sp³-hybridized carbons (Fsp3) is 0.333. The number of thiazole rings is 1. The second-order valence-corrected chi connectivity index (χ2v) is 3.89. The first kappa shape index (κ1) is 9.21. The van der Waals surface area contributed by atoms with Crippen LogP contribution in [0.3, 0.4) is 0 Å². The lowest BCUT2D eigenvalue weighted by Crippen LogP contribution is -2.04. The molecular weight excluding hydrogens is 200 g/mol. The van der Waals surface area contributed by atoms with Crippen LogP contribution in [-0.4, -0.2) is 20.5 Å². The summed E-state index contributed by atoms with van der Waals surface area (Å²) in [6.45, 7) is 2.01. The first-order chi connectivity index (χ1) is 6.74. The van der Waals surface area contributed by atoms with Crippen LogP contribution in [0.2, 0.25) is 0 Å². The number of aromatic carboxylic acids is 1. The number of aryl methyl sites for hydroxylation is 1. The van der Waals surface area contributed by atoms with Crippen molar-refractivity contribution in [1.29, 1.82) is 0 Å². The Hall–Kier alpha value is -1.36. The Labute approximate surface area is 84.8 Å². The maximum Gasteiger partial charge on any atom is 0.354 e. The van der Waals surface area contributed by atoms with E-state index in [-0.39, 0.29) is 0 Å². The van der Waals surface area contributed by atoms with E-state index < -0.39 is 5.97 Å². The van der Waals surface area contributed by atoms with E-state index in [1.807, 2.05) is 12.3 Å². The van der Waals surface area contributed by atoms with Crippen molar-refractivity contribution in [2.24, 2.45) is 0 Å². The molecule has 2 aromatic rings. The van der Waals surface area contributed by atoms with Crippen molar-refractivity contribution in [3.63, 3.8) is 0 Å². The third-order valence-electron chi connectivity index (χ3n) is 2.02. The lowest BCUT2D eigenvalue weighted by molar-refractivity contribution is 0.0688. The molecule has 0 spiro atoms. The molecule has 0 saturated carbocycles. The Morgan fingerprint density at radius 1 is 1.71 bits per heavy atom. The number of carbonyl (C=O) groups is 1. The second kappa shape index (κ2) is 3.42. The number of imidazole rings is 1. The van der Waals surface area contributed by atoms with Gasteiger partial charge in [-0.3, -0.25) is 4.40 Å². The van der Waals surface area contributed by atoms with Crippen molar-refractivity contribution in [2.75, 3.05) is 0 Å². The van der Waals surface area contributed by atoms with E-state index >= 15 is 0 Å².